The van der Waals surface area contributed by atoms with Crippen LogP contribution in [-0.4, -0.2) is 78.9 Å². The molecule has 6 aromatic carbocycles. The summed E-state index contributed by atoms with van der Waals surface area (Å²) in [5.41, 5.74) is 4.72. The van der Waals surface area contributed by atoms with Gasteiger partial charge in [-0.15, -0.1) is 5.10 Å². The second-order valence-electron chi connectivity index (χ2n) is 19.2. The van der Waals surface area contributed by atoms with Gasteiger partial charge in [0, 0.05) is 35.6 Å². The number of amides is 3. The van der Waals surface area contributed by atoms with Gasteiger partial charge in [-0.1, -0.05) is 109 Å². The van der Waals surface area contributed by atoms with Gasteiger partial charge >= 0.3 is 0 Å². The molecule has 15 heteroatoms. The molecule has 360 valence electrons. The molecule has 5 atom stereocenters. The lowest BCUT2D eigenvalue weighted by Gasteiger charge is -2.37. The van der Waals surface area contributed by atoms with Crippen molar-refractivity contribution in [3.63, 3.8) is 0 Å². The minimum atomic E-state index is -2.57. The number of nitrogens with zero attached hydrogens (tertiary/aromatic N) is 6. The number of carbonyl (C=O) groups excluding carboxylic acids is 3. The van der Waals surface area contributed by atoms with Gasteiger partial charge in [0.1, 0.15) is 17.2 Å². The average molecular weight is 967 g/mol. The maximum atomic E-state index is 16.1. The molecule has 5 heterocycles. The van der Waals surface area contributed by atoms with E-state index in [0.29, 0.717) is 64.2 Å². The van der Waals surface area contributed by atoms with Crippen LogP contribution in [0.25, 0.3) is 0 Å². The highest BCUT2D eigenvalue weighted by Gasteiger charge is 2.66. The van der Waals surface area contributed by atoms with Gasteiger partial charge in [0.25, 0.3) is 17.7 Å². The number of methoxy groups -OCH3 is 1. The van der Waals surface area contributed by atoms with Crippen LogP contribution in [0.5, 0.6) is 17.2 Å². The Bertz CT molecular complexity index is 3170. The minimum absolute atomic E-state index is 0.0944. The molecule has 14 nitrogen and oxygen atoms in total. The molecular weight excluding hydrogens is 913 g/mol. The van der Waals surface area contributed by atoms with Gasteiger partial charge in [0.05, 0.1) is 63.1 Å². The molecule has 0 radical (unpaired) electrons. The normalized spacial score (nSPS) is 20.9. The van der Waals surface area contributed by atoms with E-state index >= 15 is 4.79 Å². The van der Waals surface area contributed by atoms with Crippen molar-refractivity contribution >= 4 is 59.4 Å². The van der Waals surface area contributed by atoms with E-state index < -0.39 is 19.8 Å². The highest BCUT2D eigenvalue weighted by molar-refractivity contribution is 6.91. The Morgan fingerprint density at radius 3 is 2.07 bits per heavy atom. The van der Waals surface area contributed by atoms with Gasteiger partial charge in [0.15, 0.2) is 18.8 Å². The fourth-order valence-corrected chi connectivity index (χ4v) is 15.6. The van der Waals surface area contributed by atoms with Crippen molar-refractivity contribution in [2.75, 3.05) is 41.6 Å². The lowest BCUT2D eigenvalue weighted by atomic mass is 9.82. The quantitative estimate of drug-likeness (QED) is 0.112. The van der Waals surface area contributed by atoms with Crippen LogP contribution in [-0.2, 0) is 37.8 Å². The maximum absolute atomic E-state index is 16.1. The largest absolute Gasteiger partial charge is 0.497 e. The first-order chi connectivity index (χ1) is 34.5. The Morgan fingerprint density at radius 2 is 1.41 bits per heavy atom. The first kappa shape index (κ1) is 45.8. The summed E-state index contributed by atoms with van der Waals surface area (Å²) in [5.74, 6) is 0.633. The van der Waals surface area contributed by atoms with Crippen LogP contribution in [0.2, 0.25) is 18.6 Å². The molecule has 7 aromatic rings. The Kier molecular flexibility index (Phi) is 11.8. The van der Waals surface area contributed by atoms with E-state index in [4.69, 9.17) is 18.9 Å². The molecule has 0 saturated carbocycles. The zero-order valence-electron chi connectivity index (χ0n) is 40.0. The van der Waals surface area contributed by atoms with E-state index in [1.165, 1.54) is 5.19 Å². The van der Waals surface area contributed by atoms with Gasteiger partial charge in [-0.05, 0) is 89.8 Å². The third kappa shape index (κ3) is 7.84. The zero-order chi connectivity index (χ0) is 49.0. The number of aryl methyl sites for hydroxylation is 1. The standard InChI is InChI=1S/C56H54N6O8Si/c1-36-54(71(3,4)42-24-22-41(67-2)23-25-42)51(27-28-59-32-45(57-58-59)43(33-63)38-14-6-5-7-15-38)70-56(36)44-30-40(62-48-18-9-11-20-50(48)69-35-53(62)65)21-26-46(44)60(55(56)66)31-37-13-12-16-39(29-37)61-47-17-8-10-19-49(47)68-34-52(61)64/h5-26,29-30,32,36,43,51,54,63H,27-28,31,33-35H2,1-4H3/t36-,43?,51+,54-,56+/m1/s1. The predicted molar refractivity (Wildman–Crippen MR) is 272 cm³/mol. The van der Waals surface area contributed by atoms with Crippen LogP contribution in [0.3, 0.4) is 0 Å². The average Bonchev–Trinajstić information content (AvgIpc) is 4.06. The van der Waals surface area contributed by atoms with Crippen molar-refractivity contribution in [3.05, 3.63) is 174 Å². The topological polar surface area (TPSA) is 149 Å². The number of carbonyl (C=O) groups is 3. The lowest BCUT2D eigenvalue weighted by Crippen LogP contribution is -2.51. The van der Waals surface area contributed by atoms with Crippen molar-refractivity contribution in [1.82, 2.24) is 15.0 Å². The molecule has 71 heavy (non-hydrogen) atoms. The maximum Gasteiger partial charge on any atom is 0.269 e. The van der Waals surface area contributed by atoms with Gasteiger partial charge < -0.3 is 29.0 Å². The predicted octanol–water partition coefficient (Wildman–Crippen LogP) is 8.38. The first-order valence-corrected chi connectivity index (χ1v) is 27.1. The van der Waals surface area contributed by atoms with Gasteiger partial charge in [-0.3, -0.25) is 28.9 Å². The summed E-state index contributed by atoms with van der Waals surface area (Å²) in [6.45, 7) is 7.11. The van der Waals surface area contributed by atoms with Crippen LogP contribution < -0.4 is 34.1 Å². The fraction of sp³-hybridized carbons (Fsp3) is 0.268. The molecule has 1 saturated heterocycles. The molecule has 1 fully saturated rings. The highest BCUT2D eigenvalue weighted by atomic mass is 28.3. The van der Waals surface area contributed by atoms with Crippen molar-refractivity contribution in [1.29, 1.82) is 0 Å². The van der Waals surface area contributed by atoms with Gasteiger partial charge in [-0.25, -0.2) is 0 Å². The van der Waals surface area contributed by atoms with Crippen LogP contribution in [0.4, 0.5) is 28.4 Å². The van der Waals surface area contributed by atoms with E-state index in [1.54, 1.807) is 21.6 Å². The number of benzene rings is 6. The lowest BCUT2D eigenvalue weighted by molar-refractivity contribution is -0.146. The number of para-hydroxylation sites is 4. The number of aromatic nitrogens is 3. The third-order valence-corrected chi connectivity index (χ3v) is 19.3. The van der Waals surface area contributed by atoms with Crippen LogP contribution in [0, 0.1) is 5.92 Å². The molecule has 1 unspecified atom stereocenters. The molecular formula is C56H54N6O8Si. The van der Waals surface area contributed by atoms with Crippen LogP contribution in [0.15, 0.2) is 152 Å². The summed E-state index contributed by atoms with van der Waals surface area (Å²) < 4.78 is 26.6. The summed E-state index contributed by atoms with van der Waals surface area (Å²) in [6.07, 6.45) is 1.98. The number of fused-ring (bicyclic) bond motifs is 4. The molecule has 0 aliphatic carbocycles. The summed E-state index contributed by atoms with van der Waals surface area (Å²) in [6, 6.07) is 46.5. The summed E-state index contributed by atoms with van der Waals surface area (Å²) >= 11 is 0. The Hall–Kier alpha value is -7.59. The monoisotopic (exact) mass is 966 g/mol. The van der Waals surface area contributed by atoms with Crippen molar-refractivity contribution in [2.45, 2.75) is 62.7 Å². The molecule has 1 aromatic heterocycles. The Balaban J connectivity index is 1.01. The Labute approximate surface area is 413 Å². The summed E-state index contributed by atoms with van der Waals surface area (Å²) in [4.78, 5) is 48.6. The molecule has 1 spiro atoms. The molecule has 3 amide bonds. The third-order valence-electron chi connectivity index (χ3n) is 14.9. The minimum Gasteiger partial charge on any atom is -0.497 e. The number of aliphatic hydroxyl groups excluding tert-OH is 1. The molecule has 1 N–H and O–H groups in total. The number of hydrogen-bond donors (Lipinski definition) is 1. The highest BCUT2D eigenvalue weighted by Crippen LogP contribution is 2.61. The molecule has 0 bridgehead atoms. The first-order valence-electron chi connectivity index (χ1n) is 24.0. The number of aliphatic hydroxyl groups is 1. The molecule has 4 aliphatic heterocycles. The van der Waals surface area contributed by atoms with Gasteiger partial charge in [-0.2, -0.15) is 0 Å². The summed E-state index contributed by atoms with van der Waals surface area (Å²) in [5, 5.41) is 20.7. The summed E-state index contributed by atoms with van der Waals surface area (Å²) in [7, 11) is -0.916. The van der Waals surface area contributed by atoms with Crippen LogP contribution in [0.1, 0.15) is 41.6 Å². The second kappa shape index (κ2) is 18.3. The van der Waals surface area contributed by atoms with E-state index in [0.717, 1.165) is 16.9 Å². The number of anilines is 5. The van der Waals surface area contributed by atoms with E-state index in [-0.39, 0.29) is 61.5 Å². The SMILES string of the molecule is COc1ccc([Si](C)(C)[C@H]2[C@H](CCn3cc(C(CO)c4ccccc4)nn3)O[C@@]3(C(=O)N(Cc4cccc(N5C(=O)COc6ccccc65)c4)c4ccc(N5C(=O)COc6ccccc65)cc43)[C@@H]2C)cc1. The molecule has 11 rings (SSSR count). The van der Waals surface area contributed by atoms with Crippen molar-refractivity contribution in [3.8, 4) is 17.2 Å². The smallest absolute Gasteiger partial charge is 0.269 e. The van der Waals surface area contributed by atoms with Crippen molar-refractivity contribution < 1.29 is 38.4 Å². The number of hydrogen-bond acceptors (Lipinski definition) is 10. The van der Waals surface area contributed by atoms with Crippen molar-refractivity contribution in [2.24, 2.45) is 5.92 Å². The molecule has 4 aliphatic rings. The fourth-order valence-electron chi connectivity index (χ4n) is 11.5. The second-order valence-corrected chi connectivity index (χ2v) is 23.9. The number of rotatable bonds is 13. The van der Waals surface area contributed by atoms with Crippen LogP contribution >= 0.6 is 0 Å². The van der Waals surface area contributed by atoms with E-state index in [9.17, 15) is 14.7 Å². The Morgan fingerprint density at radius 1 is 0.761 bits per heavy atom. The van der Waals surface area contributed by atoms with E-state index in [2.05, 4.69) is 42.5 Å². The number of ether oxygens (including phenoxy) is 4. The van der Waals surface area contributed by atoms with E-state index in [1.807, 2.05) is 145 Å². The van der Waals surface area contributed by atoms with Gasteiger partial charge in [0.2, 0.25) is 0 Å². The zero-order valence-corrected chi connectivity index (χ0v) is 41.0.